The standard InChI is InChI=1S/C12H11IN2O2S/c1-2-15-11(17)9(14-12(15)18)6-7-3-4-10(16)8(13)5-7/h3-6,16H,2H2,1H3,(H,14,18). The van der Waals surface area contributed by atoms with E-state index in [1.807, 2.05) is 29.5 Å². The van der Waals surface area contributed by atoms with Crippen LogP contribution >= 0.6 is 34.8 Å². The van der Waals surface area contributed by atoms with E-state index in [9.17, 15) is 9.90 Å². The molecule has 18 heavy (non-hydrogen) atoms. The molecule has 0 saturated carbocycles. The van der Waals surface area contributed by atoms with Crippen molar-refractivity contribution in [3.63, 3.8) is 0 Å². The molecular formula is C12H11IN2O2S. The summed E-state index contributed by atoms with van der Waals surface area (Å²) in [4.78, 5) is 13.5. The zero-order valence-electron chi connectivity index (χ0n) is 9.61. The van der Waals surface area contributed by atoms with Crippen molar-refractivity contribution >= 4 is 51.9 Å². The minimum atomic E-state index is -0.120. The Labute approximate surface area is 124 Å². The topological polar surface area (TPSA) is 52.6 Å². The van der Waals surface area contributed by atoms with Gasteiger partial charge in [-0.15, -0.1) is 0 Å². The number of nitrogens with zero attached hydrogens (tertiary/aromatic N) is 1. The molecule has 1 saturated heterocycles. The van der Waals surface area contributed by atoms with Crippen molar-refractivity contribution < 1.29 is 9.90 Å². The molecule has 0 aliphatic carbocycles. The second kappa shape index (κ2) is 5.23. The van der Waals surface area contributed by atoms with Crippen LogP contribution in [-0.4, -0.2) is 27.6 Å². The van der Waals surface area contributed by atoms with E-state index in [2.05, 4.69) is 5.32 Å². The van der Waals surface area contributed by atoms with Gasteiger partial charge >= 0.3 is 0 Å². The highest BCUT2D eigenvalue weighted by molar-refractivity contribution is 14.1. The molecule has 0 unspecified atom stereocenters. The predicted molar refractivity (Wildman–Crippen MR) is 81.9 cm³/mol. The second-order valence-electron chi connectivity index (χ2n) is 3.75. The average molecular weight is 374 g/mol. The third-order valence-electron chi connectivity index (χ3n) is 2.56. The zero-order valence-corrected chi connectivity index (χ0v) is 12.6. The molecule has 1 fully saturated rings. The van der Waals surface area contributed by atoms with Crippen molar-refractivity contribution in [1.29, 1.82) is 0 Å². The monoisotopic (exact) mass is 374 g/mol. The number of rotatable bonds is 2. The van der Waals surface area contributed by atoms with Crippen LogP contribution in [0.2, 0.25) is 0 Å². The number of nitrogens with one attached hydrogen (secondary N) is 1. The van der Waals surface area contributed by atoms with E-state index in [1.54, 1.807) is 24.3 Å². The maximum atomic E-state index is 12.0. The Morgan fingerprint density at radius 3 is 2.83 bits per heavy atom. The summed E-state index contributed by atoms with van der Waals surface area (Å²) in [5.74, 6) is 0.111. The van der Waals surface area contributed by atoms with Crippen molar-refractivity contribution in [2.75, 3.05) is 6.54 Å². The molecule has 4 nitrogen and oxygen atoms in total. The Morgan fingerprint density at radius 2 is 2.28 bits per heavy atom. The number of hydrogen-bond acceptors (Lipinski definition) is 3. The number of hydrogen-bond donors (Lipinski definition) is 2. The zero-order chi connectivity index (χ0) is 13.3. The number of carbonyl (C=O) groups is 1. The summed E-state index contributed by atoms with van der Waals surface area (Å²) in [5.41, 5.74) is 1.30. The van der Waals surface area contributed by atoms with Gasteiger partial charge in [0.25, 0.3) is 5.91 Å². The Morgan fingerprint density at radius 1 is 1.56 bits per heavy atom. The molecule has 1 amide bonds. The van der Waals surface area contributed by atoms with Crippen molar-refractivity contribution in [1.82, 2.24) is 10.2 Å². The third-order valence-corrected chi connectivity index (χ3v) is 3.75. The Balaban J connectivity index is 2.32. The Bertz CT molecular complexity index is 557. The Hall–Kier alpha value is -1.15. The highest BCUT2D eigenvalue weighted by Gasteiger charge is 2.28. The van der Waals surface area contributed by atoms with Crippen molar-refractivity contribution in [2.45, 2.75) is 6.92 Å². The summed E-state index contributed by atoms with van der Waals surface area (Å²) in [5, 5.41) is 12.8. The summed E-state index contributed by atoms with van der Waals surface area (Å²) in [6.07, 6.45) is 1.73. The minimum Gasteiger partial charge on any atom is -0.507 e. The molecule has 6 heteroatoms. The van der Waals surface area contributed by atoms with Crippen LogP contribution in [0, 0.1) is 3.57 Å². The van der Waals surface area contributed by atoms with Crippen molar-refractivity contribution in [2.24, 2.45) is 0 Å². The number of aromatic hydroxyl groups is 1. The molecule has 1 heterocycles. The van der Waals surface area contributed by atoms with Gasteiger partial charge in [0.05, 0.1) is 3.57 Å². The quantitative estimate of drug-likeness (QED) is 0.473. The first-order chi connectivity index (χ1) is 8.52. The van der Waals surface area contributed by atoms with E-state index in [-0.39, 0.29) is 11.7 Å². The number of benzene rings is 1. The lowest BCUT2D eigenvalue weighted by Crippen LogP contribution is -2.30. The highest BCUT2D eigenvalue weighted by Crippen LogP contribution is 2.22. The van der Waals surface area contributed by atoms with Crippen LogP contribution in [0.25, 0.3) is 6.08 Å². The van der Waals surface area contributed by atoms with Gasteiger partial charge < -0.3 is 10.4 Å². The van der Waals surface area contributed by atoms with E-state index in [4.69, 9.17) is 12.2 Å². The van der Waals surface area contributed by atoms with Gasteiger partial charge in [-0.25, -0.2) is 0 Å². The first kappa shape index (κ1) is 13.3. The SMILES string of the molecule is CCN1C(=O)C(=Cc2ccc(O)c(I)c2)NC1=S. The number of likely N-dealkylation sites (N-methyl/N-ethyl adjacent to an activating group) is 1. The molecule has 1 aliphatic heterocycles. The van der Waals surface area contributed by atoms with E-state index in [1.165, 1.54) is 4.90 Å². The molecule has 0 radical (unpaired) electrons. The predicted octanol–water partition coefficient (Wildman–Crippen LogP) is 2.07. The molecule has 1 aromatic rings. The van der Waals surface area contributed by atoms with Gasteiger partial charge in [-0.3, -0.25) is 9.69 Å². The lowest BCUT2D eigenvalue weighted by molar-refractivity contribution is -0.122. The maximum Gasteiger partial charge on any atom is 0.276 e. The van der Waals surface area contributed by atoms with Crippen LogP contribution in [0.15, 0.2) is 23.9 Å². The summed E-state index contributed by atoms with van der Waals surface area (Å²) < 4.78 is 0.738. The summed E-state index contributed by atoms with van der Waals surface area (Å²) in [6.45, 7) is 2.42. The highest BCUT2D eigenvalue weighted by atomic mass is 127. The van der Waals surface area contributed by atoms with Crippen LogP contribution in [0.4, 0.5) is 0 Å². The smallest absolute Gasteiger partial charge is 0.276 e. The number of phenols is 1. The molecule has 0 atom stereocenters. The summed E-state index contributed by atoms with van der Waals surface area (Å²) >= 11 is 7.10. The van der Waals surface area contributed by atoms with Crippen LogP contribution in [-0.2, 0) is 4.79 Å². The fourth-order valence-corrected chi connectivity index (χ4v) is 2.50. The van der Waals surface area contributed by atoms with Gasteiger partial charge in [0, 0.05) is 6.54 Å². The van der Waals surface area contributed by atoms with Gasteiger partial charge in [0.2, 0.25) is 0 Å². The molecule has 0 bridgehead atoms. The van der Waals surface area contributed by atoms with E-state index in [0.717, 1.165) is 9.13 Å². The summed E-state index contributed by atoms with van der Waals surface area (Å²) in [7, 11) is 0. The van der Waals surface area contributed by atoms with E-state index >= 15 is 0 Å². The lowest BCUT2D eigenvalue weighted by Gasteiger charge is -2.08. The Kier molecular flexibility index (Phi) is 3.86. The summed E-state index contributed by atoms with van der Waals surface area (Å²) in [6, 6.07) is 5.15. The fraction of sp³-hybridized carbons (Fsp3) is 0.167. The van der Waals surface area contributed by atoms with Gasteiger partial charge in [0.15, 0.2) is 5.11 Å². The molecule has 94 valence electrons. The first-order valence-electron chi connectivity index (χ1n) is 5.36. The van der Waals surface area contributed by atoms with Gasteiger partial charge in [-0.05, 0) is 65.5 Å². The average Bonchev–Trinajstić information content (AvgIpc) is 2.59. The molecule has 2 rings (SSSR count). The largest absolute Gasteiger partial charge is 0.507 e. The number of halogens is 1. The molecule has 1 aliphatic rings. The normalized spacial score (nSPS) is 17.4. The molecule has 2 N–H and O–H groups in total. The van der Waals surface area contributed by atoms with Crippen LogP contribution in [0.3, 0.4) is 0 Å². The molecular weight excluding hydrogens is 363 g/mol. The van der Waals surface area contributed by atoms with E-state index < -0.39 is 0 Å². The molecule has 0 aromatic heterocycles. The van der Waals surface area contributed by atoms with Crippen LogP contribution in [0.1, 0.15) is 12.5 Å². The van der Waals surface area contributed by atoms with E-state index in [0.29, 0.717) is 17.4 Å². The lowest BCUT2D eigenvalue weighted by atomic mass is 10.2. The van der Waals surface area contributed by atoms with Crippen molar-refractivity contribution in [3.8, 4) is 5.75 Å². The van der Waals surface area contributed by atoms with Gasteiger partial charge in [-0.2, -0.15) is 0 Å². The number of carbonyl (C=O) groups excluding carboxylic acids is 1. The van der Waals surface area contributed by atoms with Crippen LogP contribution < -0.4 is 5.32 Å². The fourth-order valence-electron chi connectivity index (χ4n) is 1.64. The maximum absolute atomic E-state index is 12.0. The second-order valence-corrected chi connectivity index (χ2v) is 5.30. The minimum absolute atomic E-state index is 0.120. The number of thiocarbonyl (C=S) groups is 1. The first-order valence-corrected chi connectivity index (χ1v) is 6.84. The van der Waals surface area contributed by atoms with Gasteiger partial charge in [0.1, 0.15) is 11.4 Å². The molecule has 0 spiro atoms. The van der Waals surface area contributed by atoms with Crippen molar-refractivity contribution in [3.05, 3.63) is 33.0 Å². The number of phenolic OH excluding ortho intramolecular Hbond substituents is 1. The van der Waals surface area contributed by atoms with Crippen LogP contribution in [0.5, 0.6) is 5.75 Å². The number of amides is 1. The molecule has 1 aromatic carbocycles. The van der Waals surface area contributed by atoms with Gasteiger partial charge in [-0.1, -0.05) is 6.07 Å². The third kappa shape index (κ3) is 2.49.